The smallest absolute Gasteiger partial charge is 0.124 e. The molecule has 188 valence electrons. The van der Waals surface area contributed by atoms with Gasteiger partial charge in [-0.1, -0.05) is 62.4 Å². The van der Waals surface area contributed by atoms with E-state index in [4.69, 9.17) is 9.97 Å². The summed E-state index contributed by atoms with van der Waals surface area (Å²) in [6.07, 6.45) is 4.73. The molecule has 0 aliphatic carbocycles. The second-order valence-corrected chi connectivity index (χ2v) is 9.64. The van der Waals surface area contributed by atoms with Crippen molar-refractivity contribution in [3.63, 3.8) is 0 Å². The lowest BCUT2D eigenvalue weighted by Gasteiger charge is -2.06. The average Bonchev–Trinajstić information content (AvgIpc) is 3.73. The Hall–Kier alpha value is -3.22. The minimum absolute atomic E-state index is 0.355. The molecule has 0 amide bonds. The van der Waals surface area contributed by atoms with Gasteiger partial charge in [0.1, 0.15) is 11.6 Å². The fourth-order valence-corrected chi connectivity index (χ4v) is 5.34. The summed E-state index contributed by atoms with van der Waals surface area (Å²) in [5.41, 5.74) is 9.06. The van der Waals surface area contributed by atoms with Gasteiger partial charge in [-0.2, -0.15) is 0 Å². The van der Waals surface area contributed by atoms with Crippen LogP contribution in [-0.2, 0) is 0 Å². The normalized spacial score (nSPS) is 19.3. The SMILES string of the molecule is CC.Cc1[nH]c([C@@H]2CCCN2)nc1-c1ccc(-c2ccc(-c3nc([C@@H]4CCCN4)[nH]c3C)cc2)cc1. The van der Waals surface area contributed by atoms with E-state index in [9.17, 15) is 0 Å². The molecular weight excluding hydrogens is 444 g/mol. The molecule has 2 atom stereocenters. The van der Waals surface area contributed by atoms with Crippen molar-refractivity contribution in [1.82, 2.24) is 30.6 Å². The Labute approximate surface area is 214 Å². The van der Waals surface area contributed by atoms with E-state index < -0.39 is 0 Å². The van der Waals surface area contributed by atoms with Gasteiger partial charge in [-0.3, -0.25) is 0 Å². The Kier molecular flexibility index (Phi) is 7.35. The van der Waals surface area contributed by atoms with Crippen LogP contribution in [0.1, 0.15) is 74.7 Å². The van der Waals surface area contributed by atoms with Crippen LogP contribution >= 0.6 is 0 Å². The molecule has 2 aliphatic rings. The van der Waals surface area contributed by atoms with E-state index in [0.29, 0.717) is 12.1 Å². The first kappa shape index (κ1) is 24.5. The topological polar surface area (TPSA) is 81.4 Å². The highest BCUT2D eigenvalue weighted by Crippen LogP contribution is 2.31. The van der Waals surface area contributed by atoms with E-state index in [2.05, 4.69) is 83.0 Å². The van der Waals surface area contributed by atoms with Crippen molar-refractivity contribution in [2.45, 2.75) is 65.5 Å². The maximum Gasteiger partial charge on any atom is 0.124 e. The van der Waals surface area contributed by atoms with E-state index in [1.165, 1.54) is 24.0 Å². The third-order valence-electron chi connectivity index (χ3n) is 7.24. The Morgan fingerprint density at radius 1 is 0.583 bits per heavy atom. The predicted octanol–water partition coefficient (Wildman–Crippen LogP) is 6.63. The molecule has 2 aliphatic heterocycles. The van der Waals surface area contributed by atoms with Gasteiger partial charge in [0.25, 0.3) is 0 Å². The maximum absolute atomic E-state index is 4.92. The molecule has 6 nitrogen and oxygen atoms in total. The number of aromatic amines is 2. The third-order valence-corrected chi connectivity index (χ3v) is 7.24. The number of aryl methyl sites for hydroxylation is 2. The van der Waals surface area contributed by atoms with Crippen LogP contribution in [0, 0.1) is 13.8 Å². The molecule has 0 spiro atoms. The highest BCUT2D eigenvalue weighted by atomic mass is 15.1. The number of benzene rings is 2. The zero-order valence-corrected chi connectivity index (χ0v) is 21.9. The summed E-state index contributed by atoms with van der Waals surface area (Å²) in [7, 11) is 0. The first-order chi connectivity index (χ1) is 17.7. The first-order valence-corrected chi connectivity index (χ1v) is 13.5. The number of rotatable bonds is 5. The molecule has 2 saturated heterocycles. The molecule has 0 bridgehead atoms. The van der Waals surface area contributed by atoms with Gasteiger partial charge in [-0.05, 0) is 63.7 Å². The molecule has 4 N–H and O–H groups in total. The fourth-order valence-electron chi connectivity index (χ4n) is 5.34. The second kappa shape index (κ2) is 10.8. The van der Waals surface area contributed by atoms with Gasteiger partial charge in [0.15, 0.2) is 0 Å². The van der Waals surface area contributed by atoms with Crippen LogP contribution in [0.2, 0.25) is 0 Å². The van der Waals surface area contributed by atoms with Gasteiger partial charge >= 0.3 is 0 Å². The molecular formula is C30H38N6. The Bertz CT molecular complexity index is 1170. The van der Waals surface area contributed by atoms with Gasteiger partial charge in [-0.25, -0.2) is 9.97 Å². The van der Waals surface area contributed by atoms with Crippen LogP contribution in [-0.4, -0.2) is 33.0 Å². The van der Waals surface area contributed by atoms with E-state index in [1.807, 2.05) is 13.8 Å². The van der Waals surface area contributed by atoms with Crippen molar-refractivity contribution in [1.29, 1.82) is 0 Å². The zero-order chi connectivity index (χ0) is 25.1. The number of nitrogens with one attached hydrogen (secondary N) is 4. The molecule has 36 heavy (non-hydrogen) atoms. The van der Waals surface area contributed by atoms with Gasteiger partial charge in [0, 0.05) is 22.5 Å². The van der Waals surface area contributed by atoms with E-state index in [0.717, 1.165) is 71.5 Å². The summed E-state index contributed by atoms with van der Waals surface area (Å²) in [5.74, 6) is 2.12. The van der Waals surface area contributed by atoms with Crippen LogP contribution in [0.3, 0.4) is 0 Å². The van der Waals surface area contributed by atoms with E-state index >= 15 is 0 Å². The summed E-state index contributed by atoms with van der Waals surface area (Å²) in [4.78, 5) is 16.8. The Balaban J connectivity index is 0.00000130. The van der Waals surface area contributed by atoms with Crippen LogP contribution in [0.4, 0.5) is 0 Å². The number of imidazole rings is 2. The molecule has 0 radical (unpaired) electrons. The first-order valence-electron chi connectivity index (χ1n) is 13.5. The molecule has 6 heteroatoms. The van der Waals surface area contributed by atoms with Gasteiger partial charge < -0.3 is 20.6 Å². The quantitative estimate of drug-likeness (QED) is 0.257. The van der Waals surface area contributed by atoms with Crippen molar-refractivity contribution in [2.24, 2.45) is 0 Å². The molecule has 6 rings (SSSR count). The lowest BCUT2D eigenvalue weighted by atomic mass is 10.0. The standard InChI is InChI=1S/C28H32N6.C2H6/c1-17-25(33-27(31-17)23-5-3-15-29-23)21-11-7-19(8-12-21)20-9-13-22(14-10-20)26-18(2)32-28(34-26)24-6-4-16-30-24;1-2/h7-14,23-24,29-30H,3-6,15-16H2,1-2H3,(H,31,33)(H,32,34);1-2H3/t23-,24-;/m0./s1. The largest absolute Gasteiger partial charge is 0.344 e. The molecule has 2 aromatic carbocycles. The fraction of sp³-hybridized carbons (Fsp3) is 0.400. The summed E-state index contributed by atoms with van der Waals surface area (Å²) in [6.45, 7) is 10.4. The molecule has 4 aromatic rings. The van der Waals surface area contributed by atoms with E-state index in [-0.39, 0.29) is 0 Å². The number of hydrogen-bond acceptors (Lipinski definition) is 4. The maximum atomic E-state index is 4.92. The minimum atomic E-state index is 0.355. The summed E-state index contributed by atoms with van der Waals surface area (Å²) >= 11 is 0. The second-order valence-electron chi connectivity index (χ2n) is 9.64. The van der Waals surface area contributed by atoms with Crippen LogP contribution in [0.15, 0.2) is 48.5 Å². The molecule has 4 heterocycles. The summed E-state index contributed by atoms with van der Waals surface area (Å²) in [5, 5.41) is 7.05. The lowest BCUT2D eigenvalue weighted by molar-refractivity contribution is 0.612. The molecule has 2 aromatic heterocycles. The monoisotopic (exact) mass is 482 g/mol. The van der Waals surface area contributed by atoms with Crippen LogP contribution < -0.4 is 10.6 Å². The van der Waals surface area contributed by atoms with Crippen molar-refractivity contribution >= 4 is 0 Å². The number of nitrogens with zero attached hydrogens (tertiary/aromatic N) is 2. The molecule has 0 saturated carbocycles. The number of aromatic nitrogens is 4. The van der Waals surface area contributed by atoms with Gasteiger partial charge in [0.05, 0.1) is 23.5 Å². The highest BCUT2D eigenvalue weighted by Gasteiger charge is 2.22. The van der Waals surface area contributed by atoms with Crippen LogP contribution in [0.5, 0.6) is 0 Å². The van der Waals surface area contributed by atoms with Crippen LogP contribution in [0.25, 0.3) is 33.6 Å². The Morgan fingerprint density at radius 3 is 1.28 bits per heavy atom. The zero-order valence-electron chi connectivity index (χ0n) is 21.9. The van der Waals surface area contributed by atoms with Crippen molar-refractivity contribution in [3.8, 4) is 33.6 Å². The predicted molar refractivity (Wildman–Crippen MR) is 148 cm³/mol. The van der Waals surface area contributed by atoms with E-state index in [1.54, 1.807) is 0 Å². The average molecular weight is 483 g/mol. The summed E-state index contributed by atoms with van der Waals surface area (Å²) < 4.78 is 0. The Morgan fingerprint density at radius 2 is 0.944 bits per heavy atom. The van der Waals surface area contributed by atoms with Crippen molar-refractivity contribution < 1.29 is 0 Å². The van der Waals surface area contributed by atoms with Gasteiger partial charge in [0.2, 0.25) is 0 Å². The van der Waals surface area contributed by atoms with Crippen molar-refractivity contribution in [3.05, 3.63) is 71.6 Å². The number of hydrogen-bond donors (Lipinski definition) is 4. The minimum Gasteiger partial charge on any atom is -0.344 e. The molecule has 2 fully saturated rings. The third kappa shape index (κ3) is 4.88. The van der Waals surface area contributed by atoms with Gasteiger partial charge in [-0.15, -0.1) is 0 Å². The lowest BCUT2D eigenvalue weighted by Crippen LogP contribution is -2.14. The highest BCUT2D eigenvalue weighted by molar-refractivity contribution is 5.72. The summed E-state index contributed by atoms with van der Waals surface area (Å²) in [6, 6.07) is 18.2. The molecule has 0 unspecified atom stereocenters. The number of H-pyrrole nitrogens is 2. The van der Waals surface area contributed by atoms with Crippen molar-refractivity contribution in [2.75, 3.05) is 13.1 Å².